The van der Waals surface area contributed by atoms with Crippen molar-refractivity contribution in [1.82, 2.24) is 20.1 Å². The van der Waals surface area contributed by atoms with Gasteiger partial charge in [-0.25, -0.2) is 9.67 Å². The highest BCUT2D eigenvalue weighted by atomic mass is 35.5. The Labute approximate surface area is 129 Å². The van der Waals surface area contributed by atoms with E-state index in [4.69, 9.17) is 5.73 Å². The Balaban J connectivity index is 0.00000161. The fourth-order valence-electron chi connectivity index (χ4n) is 2.04. The van der Waals surface area contributed by atoms with Gasteiger partial charge >= 0.3 is 0 Å². The fraction of sp³-hybridized carbons (Fsp3) is 0.357. The number of hydrogen-bond donors (Lipinski definition) is 2. The van der Waals surface area contributed by atoms with Gasteiger partial charge in [0.25, 0.3) is 0 Å². The monoisotopic (exact) mass is 307 g/mol. The van der Waals surface area contributed by atoms with E-state index < -0.39 is 5.54 Å². The van der Waals surface area contributed by atoms with Gasteiger partial charge in [0.1, 0.15) is 12.7 Å². The maximum absolute atomic E-state index is 11.9. The molecule has 0 aliphatic heterocycles. The van der Waals surface area contributed by atoms with Crippen LogP contribution in [-0.4, -0.2) is 26.2 Å². The van der Waals surface area contributed by atoms with Gasteiger partial charge in [-0.1, -0.05) is 12.1 Å². The summed E-state index contributed by atoms with van der Waals surface area (Å²) in [7, 11) is 0. The van der Waals surface area contributed by atoms with Gasteiger partial charge < -0.3 is 11.1 Å². The SMILES string of the molecule is CC(NC(=O)C1(N)CC1)c1ccc(-n2cncn2)cc1.Cl. The van der Waals surface area contributed by atoms with Crippen molar-refractivity contribution >= 4 is 18.3 Å². The molecule has 1 unspecified atom stereocenters. The standard InChI is InChI=1S/C14H17N5O.ClH/c1-10(18-13(20)14(15)6-7-14)11-2-4-12(5-3-11)19-9-16-8-17-19;/h2-5,8-10H,6-7,15H2,1H3,(H,18,20);1H. The van der Waals surface area contributed by atoms with Crippen molar-refractivity contribution in [2.24, 2.45) is 5.73 Å². The molecule has 1 amide bonds. The number of nitrogens with zero attached hydrogens (tertiary/aromatic N) is 3. The Kier molecular flexibility index (Phi) is 4.29. The lowest BCUT2D eigenvalue weighted by Gasteiger charge is -2.17. The van der Waals surface area contributed by atoms with Gasteiger partial charge in [0, 0.05) is 0 Å². The molecule has 1 saturated carbocycles. The van der Waals surface area contributed by atoms with Crippen LogP contribution in [0.15, 0.2) is 36.9 Å². The van der Waals surface area contributed by atoms with Crippen molar-refractivity contribution in [2.45, 2.75) is 31.3 Å². The summed E-state index contributed by atoms with van der Waals surface area (Å²) in [6.45, 7) is 1.95. The van der Waals surface area contributed by atoms with E-state index in [1.807, 2.05) is 31.2 Å². The summed E-state index contributed by atoms with van der Waals surface area (Å²) in [6, 6.07) is 7.77. The molecule has 1 atom stereocenters. The van der Waals surface area contributed by atoms with E-state index >= 15 is 0 Å². The number of amides is 1. The third-order valence-electron chi connectivity index (χ3n) is 3.66. The molecule has 1 fully saturated rings. The molecule has 1 heterocycles. The summed E-state index contributed by atoms with van der Waals surface area (Å²) >= 11 is 0. The summed E-state index contributed by atoms with van der Waals surface area (Å²) < 4.78 is 1.69. The molecule has 6 nitrogen and oxygen atoms in total. The molecular weight excluding hydrogens is 290 g/mol. The van der Waals surface area contributed by atoms with Gasteiger partial charge in [0.15, 0.2) is 0 Å². The first-order valence-corrected chi connectivity index (χ1v) is 6.63. The van der Waals surface area contributed by atoms with Gasteiger partial charge in [-0.2, -0.15) is 5.10 Å². The normalized spacial score (nSPS) is 16.7. The molecule has 112 valence electrons. The summed E-state index contributed by atoms with van der Waals surface area (Å²) in [5.74, 6) is -0.0645. The molecule has 21 heavy (non-hydrogen) atoms. The molecular formula is C14H18ClN5O. The smallest absolute Gasteiger partial charge is 0.240 e. The summed E-state index contributed by atoms with van der Waals surface area (Å²) in [5.41, 5.74) is 7.21. The molecule has 1 aliphatic carbocycles. The predicted octanol–water partition coefficient (Wildman–Crippen LogP) is 1.36. The van der Waals surface area contributed by atoms with Crippen molar-refractivity contribution in [3.05, 3.63) is 42.5 Å². The minimum atomic E-state index is -0.630. The third kappa shape index (κ3) is 3.22. The molecule has 1 aliphatic rings. The van der Waals surface area contributed by atoms with Crippen LogP contribution in [0.5, 0.6) is 0 Å². The molecule has 3 N–H and O–H groups in total. The second-order valence-electron chi connectivity index (χ2n) is 5.28. The van der Waals surface area contributed by atoms with E-state index in [-0.39, 0.29) is 24.4 Å². The first-order chi connectivity index (χ1) is 9.58. The molecule has 1 aromatic heterocycles. The highest BCUT2D eigenvalue weighted by molar-refractivity contribution is 5.89. The second-order valence-corrected chi connectivity index (χ2v) is 5.28. The molecule has 0 radical (unpaired) electrons. The first kappa shape index (κ1) is 15.5. The van der Waals surface area contributed by atoms with Crippen molar-refractivity contribution < 1.29 is 4.79 Å². The van der Waals surface area contributed by atoms with Crippen LogP contribution >= 0.6 is 12.4 Å². The summed E-state index contributed by atoms with van der Waals surface area (Å²) in [4.78, 5) is 15.8. The van der Waals surface area contributed by atoms with Gasteiger partial charge in [-0.15, -0.1) is 12.4 Å². The maximum atomic E-state index is 11.9. The predicted molar refractivity (Wildman–Crippen MR) is 81.3 cm³/mol. The molecule has 0 saturated heterocycles. The highest BCUT2D eigenvalue weighted by Crippen LogP contribution is 2.32. The topological polar surface area (TPSA) is 85.8 Å². The van der Waals surface area contributed by atoms with E-state index in [0.717, 1.165) is 24.1 Å². The van der Waals surface area contributed by atoms with E-state index in [0.29, 0.717) is 0 Å². The lowest BCUT2D eigenvalue weighted by atomic mass is 10.1. The van der Waals surface area contributed by atoms with Gasteiger partial charge in [-0.3, -0.25) is 4.79 Å². The minimum Gasteiger partial charge on any atom is -0.348 e. The van der Waals surface area contributed by atoms with Crippen LogP contribution in [0.4, 0.5) is 0 Å². The van der Waals surface area contributed by atoms with E-state index in [1.165, 1.54) is 6.33 Å². The molecule has 1 aromatic carbocycles. The zero-order valence-electron chi connectivity index (χ0n) is 11.7. The number of carbonyl (C=O) groups is 1. The van der Waals surface area contributed by atoms with Crippen molar-refractivity contribution in [1.29, 1.82) is 0 Å². The number of benzene rings is 1. The quantitative estimate of drug-likeness (QED) is 0.893. The van der Waals surface area contributed by atoms with Crippen molar-refractivity contribution in [3.63, 3.8) is 0 Å². The Bertz CT molecular complexity index is 607. The lowest BCUT2D eigenvalue weighted by molar-refractivity contribution is -0.123. The van der Waals surface area contributed by atoms with E-state index in [2.05, 4.69) is 15.4 Å². The molecule has 7 heteroatoms. The summed E-state index contributed by atoms with van der Waals surface area (Å²) in [5, 5.41) is 7.02. The largest absolute Gasteiger partial charge is 0.348 e. The Morgan fingerprint density at radius 1 is 1.38 bits per heavy atom. The zero-order valence-corrected chi connectivity index (χ0v) is 12.5. The average molecular weight is 308 g/mol. The Morgan fingerprint density at radius 3 is 2.57 bits per heavy atom. The zero-order chi connectivity index (χ0) is 14.2. The van der Waals surface area contributed by atoms with Crippen molar-refractivity contribution in [2.75, 3.05) is 0 Å². The highest BCUT2D eigenvalue weighted by Gasteiger charge is 2.46. The third-order valence-corrected chi connectivity index (χ3v) is 3.66. The van der Waals surface area contributed by atoms with E-state index in [1.54, 1.807) is 11.0 Å². The number of halogens is 1. The maximum Gasteiger partial charge on any atom is 0.240 e. The van der Waals surface area contributed by atoms with Crippen LogP contribution in [0, 0.1) is 0 Å². The van der Waals surface area contributed by atoms with Crippen LogP contribution in [0.2, 0.25) is 0 Å². The number of hydrogen-bond acceptors (Lipinski definition) is 4. The van der Waals surface area contributed by atoms with Gasteiger partial charge in [0.05, 0.1) is 17.3 Å². The number of nitrogens with two attached hydrogens (primary N) is 1. The average Bonchev–Trinajstić information content (AvgIpc) is 3.00. The first-order valence-electron chi connectivity index (χ1n) is 6.63. The minimum absolute atomic E-state index is 0. The number of aromatic nitrogens is 3. The molecule has 0 spiro atoms. The fourth-order valence-corrected chi connectivity index (χ4v) is 2.04. The van der Waals surface area contributed by atoms with Crippen LogP contribution in [0.1, 0.15) is 31.4 Å². The van der Waals surface area contributed by atoms with Gasteiger partial charge in [-0.05, 0) is 37.5 Å². The van der Waals surface area contributed by atoms with Crippen molar-refractivity contribution in [3.8, 4) is 5.69 Å². The van der Waals surface area contributed by atoms with Crippen LogP contribution in [0.3, 0.4) is 0 Å². The number of rotatable bonds is 4. The molecule has 3 rings (SSSR count). The van der Waals surface area contributed by atoms with Crippen LogP contribution < -0.4 is 11.1 Å². The van der Waals surface area contributed by atoms with Gasteiger partial charge in [0.2, 0.25) is 5.91 Å². The number of nitrogens with one attached hydrogen (secondary N) is 1. The molecule has 2 aromatic rings. The Hall–Kier alpha value is -1.92. The second kappa shape index (κ2) is 5.83. The number of carbonyl (C=O) groups excluding carboxylic acids is 1. The van der Waals surface area contributed by atoms with Crippen LogP contribution in [0.25, 0.3) is 5.69 Å². The lowest BCUT2D eigenvalue weighted by Crippen LogP contribution is -2.43. The molecule has 0 bridgehead atoms. The van der Waals surface area contributed by atoms with Crippen LogP contribution in [-0.2, 0) is 4.79 Å². The van der Waals surface area contributed by atoms with E-state index in [9.17, 15) is 4.79 Å². The Morgan fingerprint density at radius 2 is 2.05 bits per heavy atom. The summed E-state index contributed by atoms with van der Waals surface area (Å²) in [6.07, 6.45) is 4.69.